The first-order chi connectivity index (χ1) is 7.38. The molecule has 0 rings (SSSR count). The number of ether oxygens (including phenoxy) is 2. The first-order valence-corrected chi connectivity index (χ1v) is 4.90. The summed E-state index contributed by atoms with van der Waals surface area (Å²) in [5.41, 5.74) is 0.501. The first-order valence-electron chi connectivity index (χ1n) is 4.90. The fraction of sp³-hybridized carbons (Fsp3) is 0.417. The largest absolute Gasteiger partial charge is 0.422 e. The minimum absolute atomic E-state index is 0.250. The number of esters is 2. The normalized spacial score (nSPS) is 9.75. The fourth-order valence-electron chi connectivity index (χ4n) is 0.749. The highest BCUT2D eigenvalue weighted by molar-refractivity contribution is 5.88. The van der Waals surface area contributed by atoms with Gasteiger partial charge in [0.15, 0.2) is 0 Å². The highest BCUT2D eigenvalue weighted by Crippen LogP contribution is 2.09. The van der Waals surface area contributed by atoms with E-state index >= 15 is 0 Å². The van der Waals surface area contributed by atoms with Gasteiger partial charge < -0.3 is 9.47 Å². The molecule has 0 heterocycles. The smallest absolute Gasteiger partial charge is 0.336 e. The summed E-state index contributed by atoms with van der Waals surface area (Å²) in [5, 5.41) is 0. The van der Waals surface area contributed by atoms with Crippen molar-refractivity contribution in [3.8, 4) is 0 Å². The van der Waals surface area contributed by atoms with Gasteiger partial charge in [-0.1, -0.05) is 20.1 Å². The van der Waals surface area contributed by atoms with Crippen molar-refractivity contribution in [1.82, 2.24) is 0 Å². The second-order valence-corrected chi connectivity index (χ2v) is 3.44. The van der Waals surface area contributed by atoms with E-state index in [-0.39, 0.29) is 11.1 Å². The second kappa shape index (κ2) is 6.82. The molecule has 0 N–H and O–H groups in total. The van der Waals surface area contributed by atoms with Gasteiger partial charge in [0.1, 0.15) is 0 Å². The maximum absolute atomic E-state index is 11.2. The van der Waals surface area contributed by atoms with Crippen molar-refractivity contribution in [3.05, 3.63) is 31.2 Å². The highest BCUT2D eigenvalue weighted by atomic mass is 16.7. The molecule has 0 aromatic rings. The van der Waals surface area contributed by atoms with Crippen molar-refractivity contribution < 1.29 is 19.1 Å². The summed E-state index contributed by atoms with van der Waals surface area (Å²) in [5.74, 6) is -1.18. The van der Waals surface area contributed by atoms with Crippen LogP contribution in [0, 0.1) is 6.92 Å². The molecule has 4 nitrogen and oxygen atoms in total. The summed E-state index contributed by atoms with van der Waals surface area (Å²) in [4.78, 5) is 22.4. The van der Waals surface area contributed by atoms with Gasteiger partial charge in [-0.2, -0.15) is 0 Å². The summed E-state index contributed by atoms with van der Waals surface area (Å²) in [6.07, 6.45) is -0.0961. The van der Waals surface area contributed by atoms with Crippen LogP contribution in [0.25, 0.3) is 0 Å². The number of rotatable bonds is 6. The summed E-state index contributed by atoms with van der Waals surface area (Å²) in [6, 6.07) is 0. The standard InChI is InChI=1S/C12H17O4/c1-6-7-10(15-11(13)8(2)3)16-12(14)9(4)5/h10H,1-2,4,6-7H2,3,5H3. The Kier molecular flexibility index (Phi) is 6.15. The monoisotopic (exact) mass is 225 g/mol. The maximum atomic E-state index is 11.2. The van der Waals surface area contributed by atoms with Crippen LogP contribution in [0.15, 0.2) is 24.3 Å². The lowest BCUT2D eigenvalue weighted by molar-refractivity contribution is -0.183. The Labute approximate surface area is 95.9 Å². The van der Waals surface area contributed by atoms with E-state index in [1.165, 1.54) is 13.8 Å². The quantitative estimate of drug-likeness (QED) is 0.395. The lowest BCUT2D eigenvalue weighted by Gasteiger charge is -2.17. The third kappa shape index (κ3) is 5.34. The molecular formula is C12H17O4. The van der Waals surface area contributed by atoms with Gasteiger partial charge in [0, 0.05) is 17.6 Å². The third-order valence-electron chi connectivity index (χ3n) is 1.61. The molecule has 0 spiro atoms. The zero-order chi connectivity index (χ0) is 12.7. The number of hydrogen-bond donors (Lipinski definition) is 0. The molecule has 4 heteroatoms. The molecule has 0 fully saturated rings. The molecule has 89 valence electrons. The van der Waals surface area contributed by atoms with Gasteiger partial charge in [-0.05, 0) is 20.3 Å². The average Bonchev–Trinajstić information content (AvgIpc) is 2.17. The lowest BCUT2D eigenvalue weighted by Crippen LogP contribution is -2.25. The fourth-order valence-corrected chi connectivity index (χ4v) is 0.749. The molecule has 0 atom stereocenters. The van der Waals surface area contributed by atoms with E-state index in [4.69, 9.17) is 9.47 Å². The van der Waals surface area contributed by atoms with Crippen molar-refractivity contribution in [2.45, 2.75) is 33.0 Å². The Morgan fingerprint density at radius 3 is 1.69 bits per heavy atom. The third-order valence-corrected chi connectivity index (χ3v) is 1.61. The van der Waals surface area contributed by atoms with Gasteiger partial charge in [0.2, 0.25) is 6.29 Å². The van der Waals surface area contributed by atoms with Gasteiger partial charge in [-0.15, -0.1) is 0 Å². The van der Waals surface area contributed by atoms with Gasteiger partial charge in [-0.3, -0.25) is 0 Å². The Balaban J connectivity index is 4.38. The van der Waals surface area contributed by atoms with Crippen molar-refractivity contribution in [2.75, 3.05) is 0 Å². The number of hydrogen-bond acceptors (Lipinski definition) is 4. The Hall–Kier alpha value is -1.58. The van der Waals surface area contributed by atoms with Crippen molar-refractivity contribution in [2.24, 2.45) is 0 Å². The average molecular weight is 225 g/mol. The van der Waals surface area contributed by atoms with Crippen LogP contribution in [0.1, 0.15) is 26.7 Å². The molecule has 1 radical (unpaired) electrons. The van der Waals surface area contributed by atoms with Crippen LogP contribution in [0.4, 0.5) is 0 Å². The van der Waals surface area contributed by atoms with Crippen LogP contribution < -0.4 is 0 Å². The molecular weight excluding hydrogens is 208 g/mol. The summed E-state index contributed by atoms with van der Waals surface area (Å²) < 4.78 is 9.82. The molecule has 0 aromatic carbocycles. The molecule has 0 bridgehead atoms. The Morgan fingerprint density at radius 2 is 1.44 bits per heavy atom. The Morgan fingerprint density at radius 1 is 1.06 bits per heavy atom. The van der Waals surface area contributed by atoms with E-state index in [1.54, 1.807) is 0 Å². The SMILES string of the molecule is [CH2]CCC(OC(=O)C(=C)C)OC(=O)C(=C)C. The van der Waals surface area contributed by atoms with Gasteiger partial charge in [0.25, 0.3) is 0 Å². The Bertz CT molecular complexity index is 276. The van der Waals surface area contributed by atoms with Crippen molar-refractivity contribution in [3.63, 3.8) is 0 Å². The topological polar surface area (TPSA) is 52.6 Å². The van der Waals surface area contributed by atoms with Gasteiger partial charge in [-0.25, -0.2) is 9.59 Å². The van der Waals surface area contributed by atoms with E-state index < -0.39 is 18.2 Å². The van der Waals surface area contributed by atoms with Crippen LogP contribution >= 0.6 is 0 Å². The zero-order valence-electron chi connectivity index (χ0n) is 9.75. The lowest BCUT2D eigenvalue weighted by atomic mass is 10.3. The zero-order valence-corrected chi connectivity index (χ0v) is 9.75. The molecule has 0 saturated carbocycles. The van der Waals surface area contributed by atoms with E-state index in [9.17, 15) is 9.59 Å². The van der Waals surface area contributed by atoms with Crippen molar-refractivity contribution >= 4 is 11.9 Å². The first kappa shape index (κ1) is 14.4. The minimum atomic E-state index is -0.925. The van der Waals surface area contributed by atoms with E-state index in [2.05, 4.69) is 20.1 Å². The predicted molar refractivity (Wildman–Crippen MR) is 60.2 cm³/mol. The minimum Gasteiger partial charge on any atom is -0.422 e. The summed E-state index contributed by atoms with van der Waals surface area (Å²) in [6.45, 7) is 13.5. The van der Waals surface area contributed by atoms with E-state index in [1.807, 2.05) is 0 Å². The second-order valence-electron chi connectivity index (χ2n) is 3.44. The molecule has 0 aromatic heterocycles. The van der Waals surface area contributed by atoms with Crippen LogP contribution in [0.2, 0.25) is 0 Å². The van der Waals surface area contributed by atoms with Gasteiger partial charge in [0.05, 0.1) is 0 Å². The van der Waals surface area contributed by atoms with Gasteiger partial charge >= 0.3 is 11.9 Å². The molecule has 0 amide bonds. The molecule has 0 aliphatic carbocycles. The molecule has 16 heavy (non-hydrogen) atoms. The van der Waals surface area contributed by atoms with Crippen LogP contribution in [-0.2, 0) is 19.1 Å². The van der Waals surface area contributed by atoms with Crippen molar-refractivity contribution in [1.29, 1.82) is 0 Å². The van der Waals surface area contributed by atoms with Crippen LogP contribution in [0.5, 0.6) is 0 Å². The highest BCUT2D eigenvalue weighted by Gasteiger charge is 2.18. The molecule has 0 aliphatic rings. The van der Waals surface area contributed by atoms with Crippen LogP contribution in [0.3, 0.4) is 0 Å². The predicted octanol–water partition coefficient (Wildman–Crippen LogP) is 2.17. The van der Waals surface area contributed by atoms with E-state index in [0.717, 1.165) is 0 Å². The summed E-state index contributed by atoms with van der Waals surface area (Å²) >= 11 is 0. The molecule has 0 saturated heterocycles. The summed E-state index contributed by atoms with van der Waals surface area (Å²) in [7, 11) is 0. The maximum Gasteiger partial charge on any atom is 0.336 e. The number of carbonyl (C=O) groups is 2. The van der Waals surface area contributed by atoms with E-state index in [0.29, 0.717) is 12.8 Å². The molecule has 0 unspecified atom stereocenters. The molecule has 0 aliphatic heterocycles. The van der Waals surface area contributed by atoms with Crippen LogP contribution in [-0.4, -0.2) is 18.2 Å². The number of carbonyl (C=O) groups excluding carboxylic acids is 2.